The van der Waals surface area contributed by atoms with Gasteiger partial charge < -0.3 is 0 Å². The summed E-state index contributed by atoms with van der Waals surface area (Å²) in [4.78, 5) is 0. The molecule has 9 aromatic carbocycles. The van der Waals surface area contributed by atoms with Crippen molar-refractivity contribution < 1.29 is 0 Å². The van der Waals surface area contributed by atoms with Gasteiger partial charge in [0.2, 0.25) is 0 Å². The van der Waals surface area contributed by atoms with Gasteiger partial charge in [0.1, 0.15) is 0 Å². The molecule has 224 valence electrons. The third kappa shape index (κ3) is 4.87. The van der Waals surface area contributed by atoms with Crippen molar-refractivity contribution in [3.05, 3.63) is 194 Å². The molecule has 0 spiro atoms. The van der Waals surface area contributed by atoms with E-state index in [1.54, 1.807) is 0 Å². The average molecular weight is 609 g/mol. The van der Waals surface area contributed by atoms with Gasteiger partial charge in [0.05, 0.1) is 0 Å². The van der Waals surface area contributed by atoms with Gasteiger partial charge in [-0.3, -0.25) is 0 Å². The molecule has 0 radical (unpaired) electrons. The van der Waals surface area contributed by atoms with Crippen LogP contribution in [0.4, 0.5) is 0 Å². The molecule has 0 unspecified atom stereocenters. The molecule has 9 aromatic rings. The van der Waals surface area contributed by atoms with E-state index in [2.05, 4.69) is 194 Å². The van der Waals surface area contributed by atoms with Gasteiger partial charge in [0, 0.05) is 0 Å². The lowest BCUT2D eigenvalue weighted by Crippen LogP contribution is -1.93. The molecule has 0 aliphatic heterocycles. The number of hydrogen-bond acceptors (Lipinski definition) is 0. The fourth-order valence-corrected chi connectivity index (χ4v) is 7.40. The Kier molecular flexibility index (Phi) is 6.91. The van der Waals surface area contributed by atoms with E-state index in [1.165, 1.54) is 88.0 Å². The van der Waals surface area contributed by atoms with E-state index < -0.39 is 0 Å². The monoisotopic (exact) mass is 608 g/mol. The molecule has 0 saturated heterocycles. The van der Waals surface area contributed by atoms with Crippen molar-refractivity contribution in [2.24, 2.45) is 0 Å². The summed E-state index contributed by atoms with van der Waals surface area (Å²) in [5.41, 5.74) is 12.4. The summed E-state index contributed by atoms with van der Waals surface area (Å²) in [5, 5.41) is 7.57. The molecule has 0 amide bonds. The first kappa shape index (κ1) is 28.0. The molecular formula is C48H32. The van der Waals surface area contributed by atoms with Crippen LogP contribution in [0.1, 0.15) is 0 Å². The molecule has 0 atom stereocenters. The Bertz CT molecular complexity index is 2550. The predicted molar refractivity (Wildman–Crippen MR) is 206 cm³/mol. The zero-order valence-electron chi connectivity index (χ0n) is 26.5. The number of fused-ring (bicyclic) bond motifs is 3. The van der Waals surface area contributed by atoms with Crippen LogP contribution in [0.25, 0.3) is 88.0 Å². The normalized spacial score (nSPS) is 11.3. The van der Waals surface area contributed by atoms with Crippen LogP contribution < -0.4 is 0 Å². The second-order valence-corrected chi connectivity index (χ2v) is 12.5. The molecule has 0 bridgehead atoms. The van der Waals surface area contributed by atoms with Crippen molar-refractivity contribution in [3.63, 3.8) is 0 Å². The smallest absolute Gasteiger partial charge is 0.00201 e. The maximum Gasteiger partial charge on any atom is -0.00201 e. The minimum absolute atomic E-state index is 1.21. The lowest BCUT2D eigenvalue weighted by Gasteiger charge is -2.20. The van der Waals surface area contributed by atoms with Crippen LogP contribution in [0, 0.1) is 0 Å². The SMILES string of the molecule is c1ccc(-c2cccc(-c3cccc(-c4ccccc4-c4c5ccccc5c(-c5ccc6ccccc6c5)c5ccccc45)c3)c2)cc1. The fourth-order valence-electron chi connectivity index (χ4n) is 7.40. The van der Waals surface area contributed by atoms with E-state index in [9.17, 15) is 0 Å². The zero-order chi connectivity index (χ0) is 31.9. The van der Waals surface area contributed by atoms with Gasteiger partial charge in [-0.2, -0.15) is 0 Å². The van der Waals surface area contributed by atoms with Gasteiger partial charge in [-0.15, -0.1) is 0 Å². The van der Waals surface area contributed by atoms with Crippen LogP contribution in [0.5, 0.6) is 0 Å². The molecule has 0 aliphatic carbocycles. The molecule has 0 fully saturated rings. The van der Waals surface area contributed by atoms with E-state index in [1.807, 2.05) is 0 Å². The summed E-state index contributed by atoms with van der Waals surface area (Å²) in [5.74, 6) is 0. The molecule has 0 N–H and O–H groups in total. The van der Waals surface area contributed by atoms with Crippen molar-refractivity contribution in [3.8, 4) is 55.6 Å². The highest BCUT2D eigenvalue weighted by atomic mass is 14.2. The van der Waals surface area contributed by atoms with Gasteiger partial charge in [-0.25, -0.2) is 0 Å². The summed E-state index contributed by atoms with van der Waals surface area (Å²) in [6.07, 6.45) is 0. The first-order valence-electron chi connectivity index (χ1n) is 16.6. The molecule has 0 heterocycles. The molecular weight excluding hydrogens is 577 g/mol. The summed E-state index contributed by atoms with van der Waals surface area (Å²) >= 11 is 0. The molecule has 0 aliphatic rings. The highest BCUT2D eigenvalue weighted by molar-refractivity contribution is 6.22. The quantitative estimate of drug-likeness (QED) is 0.171. The minimum atomic E-state index is 1.21. The Labute approximate surface area is 281 Å². The second-order valence-electron chi connectivity index (χ2n) is 12.5. The Balaban J connectivity index is 1.24. The van der Waals surface area contributed by atoms with Gasteiger partial charge in [0.25, 0.3) is 0 Å². The van der Waals surface area contributed by atoms with E-state index >= 15 is 0 Å². The molecule has 0 aromatic heterocycles. The summed E-state index contributed by atoms with van der Waals surface area (Å²) in [6.45, 7) is 0. The molecule has 48 heavy (non-hydrogen) atoms. The zero-order valence-corrected chi connectivity index (χ0v) is 26.5. The highest BCUT2D eigenvalue weighted by Crippen LogP contribution is 2.46. The van der Waals surface area contributed by atoms with Crippen molar-refractivity contribution in [1.82, 2.24) is 0 Å². The van der Waals surface area contributed by atoms with Crippen molar-refractivity contribution in [1.29, 1.82) is 0 Å². The van der Waals surface area contributed by atoms with Crippen LogP contribution in [-0.4, -0.2) is 0 Å². The Morgan fingerprint density at radius 3 is 1.33 bits per heavy atom. The number of hydrogen-bond donors (Lipinski definition) is 0. The topological polar surface area (TPSA) is 0 Å². The summed E-state index contributed by atoms with van der Waals surface area (Å²) in [7, 11) is 0. The lowest BCUT2D eigenvalue weighted by atomic mass is 9.83. The van der Waals surface area contributed by atoms with Gasteiger partial charge in [-0.05, 0) is 106 Å². The third-order valence-electron chi connectivity index (χ3n) is 9.64. The van der Waals surface area contributed by atoms with Crippen LogP contribution in [0.15, 0.2) is 194 Å². The Hall–Kier alpha value is -6.24. The van der Waals surface area contributed by atoms with Crippen LogP contribution in [0.3, 0.4) is 0 Å². The molecule has 0 saturated carbocycles. The number of benzene rings is 9. The second kappa shape index (κ2) is 11.8. The Morgan fingerprint density at radius 2 is 0.667 bits per heavy atom. The average Bonchev–Trinajstić information content (AvgIpc) is 3.17. The van der Waals surface area contributed by atoms with Gasteiger partial charge in [-0.1, -0.05) is 176 Å². The van der Waals surface area contributed by atoms with Crippen molar-refractivity contribution in [2.75, 3.05) is 0 Å². The summed E-state index contributed by atoms with van der Waals surface area (Å²) < 4.78 is 0. The Morgan fingerprint density at radius 1 is 0.208 bits per heavy atom. The summed E-state index contributed by atoms with van der Waals surface area (Å²) in [6, 6.07) is 70.7. The lowest BCUT2D eigenvalue weighted by molar-refractivity contribution is 1.57. The molecule has 0 nitrogen and oxygen atoms in total. The van der Waals surface area contributed by atoms with Gasteiger partial charge >= 0.3 is 0 Å². The number of rotatable bonds is 5. The van der Waals surface area contributed by atoms with E-state index in [0.29, 0.717) is 0 Å². The van der Waals surface area contributed by atoms with E-state index in [4.69, 9.17) is 0 Å². The predicted octanol–water partition coefficient (Wildman–Crippen LogP) is 13.5. The highest BCUT2D eigenvalue weighted by Gasteiger charge is 2.19. The largest absolute Gasteiger partial charge is 0.0622 e. The third-order valence-corrected chi connectivity index (χ3v) is 9.64. The van der Waals surface area contributed by atoms with Crippen LogP contribution >= 0.6 is 0 Å². The van der Waals surface area contributed by atoms with E-state index in [-0.39, 0.29) is 0 Å². The molecule has 9 rings (SSSR count). The maximum absolute atomic E-state index is 2.34. The van der Waals surface area contributed by atoms with Gasteiger partial charge in [0.15, 0.2) is 0 Å². The molecule has 0 heteroatoms. The van der Waals surface area contributed by atoms with Crippen LogP contribution in [0.2, 0.25) is 0 Å². The van der Waals surface area contributed by atoms with Crippen molar-refractivity contribution >= 4 is 32.3 Å². The fraction of sp³-hybridized carbons (Fsp3) is 0. The standard InChI is InChI=1S/C48H32/c1-2-14-33(15-3-1)36-18-12-19-37(30-36)38-20-13-21-39(31-38)41-22-6-7-23-42(41)48-45-26-10-8-24-43(45)47(44-25-9-11-27-46(44)48)40-29-28-34-16-4-5-17-35(34)32-40/h1-32H. The first-order valence-corrected chi connectivity index (χ1v) is 16.6. The maximum atomic E-state index is 2.34. The minimum Gasteiger partial charge on any atom is -0.0622 e. The van der Waals surface area contributed by atoms with Crippen LogP contribution in [-0.2, 0) is 0 Å². The first-order chi connectivity index (χ1) is 23.8. The van der Waals surface area contributed by atoms with Crippen molar-refractivity contribution in [2.45, 2.75) is 0 Å². The van der Waals surface area contributed by atoms with E-state index in [0.717, 1.165) is 0 Å².